The van der Waals surface area contributed by atoms with Gasteiger partial charge in [0.25, 0.3) is 11.8 Å². The van der Waals surface area contributed by atoms with E-state index in [2.05, 4.69) is 4.98 Å². The van der Waals surface area contributed by atoms with E-state index in [-0.39, 0.29) is 28.0 Å². The molecule has 0 spiro atoms. The molecule has 1 atom stereocenters. The lowest BCUT2D eigenvalue weighted by atomic mass is 10.1. The number of para-hydroxylation sites is 2. The van der Waals surface area contributed by atoms with E-state index in [4.69, 9.17) is 4.74 Å². The minimum absolute atomic E-state index is 0.0340. The lowest BCUT2D eigenvalue weighted by molar-refractivity contribution is 0.0233. The van der Waals surface area contributed by atoms with Crippen LogP contribution in [0.1, 0.15) is 56.5 Å². The molecule has 0 saturated heterocycles. The Kier molecular flexibility index (Phi) is 4.37. The highest BCUT2D eigenvalue weighted by Gasteiger charge is 2.33. The standard InChI is InChI=1S/C20H15F2N3O4/c1-10(16-23-14-5-3-4-6-15(14)25(16)20(21)22)29-19(28)11-7-8-12-13(9-11)18(27)24(2)17(12)26/h3-10,20H,1-2H3. The number of imidazole rings is 1. The van der Waals surface area contributed by atoms with Gasteiger partial charge in [0.1, 0.15) is 0 Å². The van der Waals surface area contributed by atoms with E-state index in [0.717, 1.165) is 4.90 Å². The van der Waals surface area contributed by atoms with Crippen LogP contribution in [-0.2, 0) is 4.74 Å². The second-order valence-corrected chi connectivity index (χ2v) is 6.58. The number of hydrogen-bond acceptors (Lipinski definition) is 5. The number of esters is 1. The van der Waals surface area contributed by atoms with Gasteiger partial charge in [0.2, 0.25) is 0 Å². The van der Waals surface area contributed by atoms with Crippen molar-refractivity contribution in [3.63, 3.8) is 0 Å². The summed E-state index contributed by atoms with van der Waals surface area (Å²) in [7, 11) is 1.35. The number of benzene rings is 2. The first kappa shape index (κ1) is 18.7. The Labute approximate surface area is 163 Å². The smallest absolute Gasteiger partial charge is 0.338 e. The number of amides is 2. The topological polar surface area (TPSA) is 81.5 Å². The Morgan fingerprint density at radius 2 is 1.76 bits per heavy atom. The number of rotatable bonds is 4. The van der Waals surface area contributed by atoms with Gasteiger partial charge < -0.3 is 4.74 Å². The molecule has 0 aliphatic carbocycles. The van der Waals surface area contributed by atoms with Gasteiger partial charge in [0.05, 0.1) is 27.7 Å². The molecule has 2 aromatic carbocycles. The number of carbonyl (C=O) groups excluding carboxylic acids is 3. The van der Waals surface area contributed by atoms with Gasteiger partial charge in [-0.3, -0.25) is 19.1 Å². The van der Waals surface area contributed by atoms with E-state index in [0.29, 0.717) is 10.1 Å². The number of aromatic nitrogens is 2. The molecule has 1 aliphatic rings. The molecule has 148 valence electrons. The largest absolute Gasteiger partial charge is 0.451 e. The van der Waals surface area contributed by atoms with Crippen LogP contribution in [0.5, 0.6) is 0 Å². The second kappa shape index (κ2) is 6.77. The number of nitrogens with zero attached hydrogens (tertiary/aromatic N) is 3. The molecule has 7 nitrogen and oxygen atoms in total. The molecule has 4 rings (SSSR count). The fourth-order valence-corrected chi connectivity index (χ4v) is 3.32. The molecule has 0 N–H and O–H groups in total. The number of alkyl halides is 2. The molecule has 29 heavy (non-hydrogen) atoms. The lowest BCUT2D eigenvalue weighted by Crippen LogP contribution is -2.24. The maximum Gasteiger partial charge on any atom is 0.338 e. The van der Waals surface area contributed by atoms with Gasteiger partial charge in [-0.2, -0.15) is 8.78 Å². The maximum atomic E-state index is 13.6. The van der Waals surface area contributed by atoms with E-state index in [1.165, 1.54) is 38.2 Å². The summed E-state index contributed by atoms with van der Waals surface area (Å²) >= 11 is 0. The van der Waals surface area contributed by atoms with Crippen molar-refractivity contribution in [2.24, 2.45) is 0 Å². The van der Waals surface area contributed by atoms with Crippen molar-refractivity contribution in [3.05, 3.63) is 65.0 Å². The maximum absolute atomic E-state index is 13.6. The fraction of sp³-hybridized carbons (Fsp3) is 0.200. The van der Waals surface area contributed by atoms with Crippen molar-refractivity contribution >= 4 is 28.8 Å². The summed E-state index contributed by atoms with van der Waals surface area (Å²) < 4.78 is 33.2. The molecule has 3 aromatic rings. The molecule has 1 unspecified atom stereocenters. The third kappa shape index (κ3) is 2.95. The fourth-order valence-electron chi connectivity index (χ4n) is 3.32. The molecule has 0 saturated carbocycles. The molecular formula is C20H15F2N3O4. The number of ether oxygens (including phenoxy) is 1. The van der Waals surface area contributed by atoms with Crippen LogP contribution < -0.4 is 0 Å². The zero-order valence-electron chi connectivity index (χ0n) is 15.4. The second-order valence-electron chi connectivity index (χ2n) is 6.58. The number of halogens is 2. The van der Waals surface area contributed by atoms with Crippen molar-refractivity contribution < 1.29 is 27.9 Å². The van der Waals surface area contributed by atoms with Crippen LogP contribution in [0.25, 0.3) is 11.0 Å². The van der Waals surface area contributed by atoms with Crippen molar-refractivity contribution in [1.82, 2.24) is 14.5 Å². The minimum atomic E-state index is -2.86. The van der Waals surface area contributed by atoms with Gasteiger partial charge in [-0.1, -0.05) is 12.1 Å². The van der Waals surface area contributed by atoms with Crippen molar-refractivity contribution in [3.8, 4) is 0 Å². The SMILES string of the molecule is CC(OC(=O)c1ccc2c(c1)C(=O)N(C)C2=O)c1nc2ccccc2n1C(F)F. The number of carbonyl (C=O) groups is 3. The van der Waals surface area contributed by atoms with Crippen LogP contribution in [0.3, 0.4) is 0 Å². The molecule has 0 bridgehead atoms. The summed E-state index contributed by atoms with van der Waals surface area (Å²) in [6, 6.07) is 10.4. The van der Waals surface area contributed by atoms with Gasteiger partial charge in [0, 0.05) is 7.05 Å². The van der Waals surface area contributed by atoms with E-state index >= 15 is 0 Å². The van der Waals surface area contributed by atoms with Gasteiger partial charge >= 0.3 is 12.5 Å². The Morgan fingerprint density at radius 3 is 2.48 bits per heavy atom. The van der Waals surface area contributed by atoms with Gasteiger partial charge in [-0.05, 0) is 37.3 Å². The first-order valence-electron chi connectivity index (χ1n) is 8.72. The van der Waals surface area contributed by atoms with Crippen LogP contribution in [0, 0.1) is 0 Å². The van der Waals surface area contributed by atoms with Crippen molar-refractivity contribution in [1.29, 1.82) is 0 Å². The summed E-state index contributed by atoms with van der Waals surface area (Å²) in [5.74, 6) is -1.89. The summed E-state index contributed by atoms with van der Waals surface area (Å²) in [5, 5.41) is 0. The Hall–Kier alpha value is -3.62. The van der Waals surface area contributed by atoms with E-state index in [1.54, 1.807) is 18.2 Å². The Morgan fingerprint density at radius 1 is 1.07 bits per heavy atom. The van der Waals surface area contributed by atoms with Crippen LogP contribution in [0.2, 0.25) is 0 Å². The third-order valence-electron chi connectivity index (χ3n) is 4.79. The van der Waals surface area contributed by atoms with Crippen LogP contribution in [-0.4, -0.2) is 39.3 Å². The molecule has 2 heterocycles. The monoisotopic (exact) mass is 399 g/mol. The molecule has 1 aliphatic heterocycles. The average Bonchev–Trinajstić information content (AvgIpc) is 3.20. The molecule has 9 heteroatoms. The van der Waals surface area contributed by atoms with Gasteiger partial charge in [0.15, 0.2) is 11.9 Å². The molecule has 2 amide bonds. The average molecular weight is 399 g/mol. The van der Waals surface area contributed by atoms with Crippen molar-refractivity contribution in [2.75, 3.05) is 7.05 Å². The van der Waals surface area contributed by atoms with E-state index in [9.17, 15) is 23.2 Å². The third-order valence-corrected chi connectivity index (χ3v) is 4.79. The van der Waals surface area contributed by atoms with E-state index in [1.807, 2.05) is 0 Å². The predicted octanol–water partition coefficient (Wildman–Crippen LogP) is 3.58. The number of hydrogen-bond donors (Lipinski definition) is 0. The summed E-state index contributed by atoms with van der Waals surface area (Å²) in [6.07, 6.45) is -1.07. The Balaban J connectivity index is 1.63. The quantitative estimate of drug-likeness (QED) is 0.495. The zero-order chi connectivity index (χ0) is 20.9. The lowest BCUT2D eigenvalue weighted by Gasteiger charge is -2.15. The molecule has 0 fully saturated rings. The first-order chi connectivity index (χ1) is 13.8. The first-order valence-corrected chi connectivity index (χ1v) is 8.72. The van der Waals surface area contributed by atoms with Gasteiger partial charge in [-0.25, -0.2) is 9.78 Å². The highest BCUT2D eigenvalue weighted by Crippen LogP contribution is 2.29. The summed E-state index contributed by atoms with van der Waals surface area (Å²) in [4.78, 5) is 41.7. The van der Waals surface area contributed by atoms with Crippen molar-refractivity contribution in [2.45, 2.75) is 19.6 Å². The molecular weight excluding hydrogens is 384 g/mol. The predicted molar refractivity (Wildman–Crippen MR) is 97.7 cm³/mol. The van der Waals surface area contributed by atoms with E-state index < -0.39 is 30.4 Å². The van der Waals surface area contributed by atoms with Gasteiger partial charge in [-0.15, -0.1) is 0 Å². The zero-order valence-corrected chi connectivity index (χ0v) is 15.4. The highest BCUT2D eigenvalue weighted by atomic mass is 19.3. The highest BCUT2D eigenvalue weighted by molar-refractivity contribution is 6.21. The van der Waals surface area contributed by atoms with Crippen LogP contribution >= 0.6 is 0 Å². The molecule has 1 aromatic heterocycles. The minimum Gasteiger partial charge on any atom is -0.451 e. The normalized spacial score (nSPS) is 14.6. The Bertz CT molecular complexity index is 1170. The number of fused-ring (bicyclic) bond motifs is 2. The molecule has 0 radical (unpaired) electrons. The van der Waals surface area contributed by atoms with Crippen LogP contribution in [0.4, 0.5) is 8.78 Å². The summed E-state index contributed by atoms with van der Waals surface area (Å²) in [6.45, 7) is -1.42. The van der Waals surface area contributed by atoms with Crippen LogP contribution in [0.15, 0.2) is 42.5 Å². The number of imide groups is 1. The summed E-state index contributed by atoms with van der Waals surface area (Å²) in [5.41, 5.74) is 0.910.